The molecular formula is C26H23FN2O3. The maximum Gasteiger partial charge on any atom is 0.282 e. The Morgan fingerprint density at radius 2 is 1.62 bits per heavy atom. The van der Waals surface area contributed by atoms with Crippen LogP contribution in [0.3, 0.4) is 0 Å². The molecule has 1 aliphatic rings. The van der Waals surface area contributed by atoms with E-state index in [-0.39, 0.29) is 11.3 Å². The van der Waals surface area contributed by atoms with Gasteiger partial charge in [-0.15, -0.1) is 0 Å². The minimum atomic E-state index is -0.454. The van der Waals surface area contributed by atoms with Crippen LogP contribution in [0.25, 0.3) is 5.57 Å². The van der Waals surface area contributed by atoms with Gasteiger partial charge in [0.25, 0.3) is 11.8 Å². The number of rotatable bonds is 7. The van der Waals surface area contributed by atoms with Crippen LogP contribution in [0.2, 0.25) is 0 Å². The monoisotopic (exact) mass is 430 g/mol. The van der Waals surface area contributed by atoms with E-state index in [0.717, 1.165) is 10.5 Å². The fourth-order valence-electron chi connectivity index (χ4n) is 3.80. The maximum absolute atomic E-state index is 13.6. The number of anilines is 1. The summed E-state index contributed by atoms with van der Waals surface area (Å²) < 4.78 is 19.1. The Hall–Kier alpha value is -3.93. The van der Waals surface area contributed by atoms with Crippen LogP contribution in [0.15, 0.2) is 84.6 Å². The van der Waals surface area contributed by atoms with Crippen LogP contribution in [0.1, 0.15) is 18.1 Å². The van der Waals surface area contributed by atoms with E-state index >= 15 is 0 Å². The van der Waals surface area contributed by atoms with Gasteiger partial charge < -0.3 is 9.64 Å². The molecule has 162 valence electrons. The maximum atomic E-state index is 13.6. The molecule has 0 saturated carbocycles. The van der Waals surface area contributed by atoms with Crippen molar-refractivity contribution in [2.75, 3.05) is 18.6 Å². The number of hydrogen-bond acceptors (Lipinski definition) is 4. The lowest BCUT2D eigenvalue weighted by Crippen LogP contribution is -2.34. The highest BCUT2D eigenvalue weighted by atomic mass is 19.1. The molecule has 0 N–H and O–H groups in total. The van der Waals surface area contributed by atoms with Crippen molar-refractivity contribution in [3.63, 3.8) is 0 Å². The molecule has 1 aliphatic heterocycles. The lowest BCUT2D eigenvalue weighted by molar-refractivity contribution is -0.120. The normalized spacial score (nSPS) is 13.7. The van der Waals surface area contributed by atoms with Crippen molar-refractivity contribution in [2.45, 2.75) is 13.5 Å². The highest BCUT2D eigenvalue weighted by molar-refractivity contribution is 6.45. The van der Waals surface area contributed by atoms with Gasteiger partial charge in [0.15, 0.2) is 0 Å². The lowest BCUT2D eigenvalue weighted by atomic mass is 10.0. The van der Waals surface area contributed by atoms with Gasteiger partial charge in [0, 0.05) is 19.7 Å². The quantitative estimate of drug-likeness (QED) is 0.513. The van der Waals surface area contributed by atoms with Gasteiger partial charge in [-0.2, -0.15) is 0 Å². The molecular weight excluding hydrogens is 407 g/mol. The van der Waals surface area contributed by atoms with Crippen LogP contribution >= 0.6 is 0 Å². The number of likely N-dealkylation sites (N-methyl/N-ethyl adjacent to an activating group) is 1. The number of halogens is 1. The summed E-state index contributed by atoms with van der Waals surface area (Å²) in [7, 11) is 1.77. The molecule has 3 aromatic rings. The Balaban J connectivity index is 1.78. The third kappa shape index (κ3) is 4.12. The Morgan fingerprint density at radius 3 is 2.31 bits per heavy atom. The number of amides is 2. The fraction of sp³-hybridized carbons (Fsp3) is 0.154. The molecule has 0 atom stereocenters. The summed E-state index contributed by atoms with van der Waals surface area (Å²) in [5.41, 5.74) is 2.43. The summed E-state index contributed by atoms with van der Waals surface area (Å²) in [6.07, 6.45) is 0. The predicted octanol–water partition coefficient (Wildman–Crippen LogP) is 4.64. The number of carbonyl (C=O) groups excluding carboxylic acids is 2. The van der Waals surface area contributed by atoms with Crippen molar-refractivity contribution in [3.05, 3.63) is 102 Å². The first-order valence-electron chi connectivity index (χ1n) is 10.4. The van der Waals surface area contributed by atoms with E-state index in [1.165, 1.54) is 24.3 Å². The number of imide groups is 1. The summed E-state index contributed by atoms with van der Waals surface area (Å²) in [6, 6.07) is 22.2. The molecule has 0 aromatic heterocycles. The van der Waals surface area contributed by atoms with Crippen LogP contribution in [-0.2, 0) is 16.1 Å². The molecule has 3 aromatic carbocycles. The molecule has 4 rings (SSSR count). The van der Waals surface area contributed by atoms with Gasteiger partial charge in [-0.3, -0.25) is 9.59 Å². The Bertz CT molecular complexity index is 1170. The Labute approximate surface area is 186 Å². The highest BCUT2D eigenvalue weighted by Gasteiger charge is 2.41. The SMILES string of the molecule is CCOc1cccc(N2C(=O)C(c3ccc(F)cc3)=C(N(C)Cc3ccccc3)C2=O)c1. The molecule has 1 heterocycles. The van der Waals surface area contributed by atoms with E-state index in [0.29, 0.717) is 30.2 Å². The van der Waals surface area contributed by atoms with E-state index < -0.39 is 17.6 Å². The summed E-state index contributed by atoms with van der Waals surface area (Å²) in [4.78, 5) is 30.0. The molecule has 6 heteroatoms. The second kappa shape index (κ2) is 9.06. The van der Waals surface area contributed by atoms with Crippen LogP contribution in [-0.4, -0.2) is 30.4 Å². The van der Waals surface area contributed by atoms with Gasteiger partial charge in [0.2, 0.25) is 0 Å². The van der Waals surface area contributed by atoms with Gasteiger partial charge in [0.05, 0.1) is 17.9 Å². The highest BCUT2D eigenvalue weighted by Crippen LogP contribution is 2.36. The second-order valence-electron chi connectivity index (χ2n) is 7.45. The predicted molar refractivity (Wildman–Crippen MR) is 121 cm³/mol. The zero-order chi connectivity index (χ0) is 22.7. The third-order valence-electron chi connectivity index (χ3n) is 5.22. The van der Waals surface area contributed by atoms with E-state index in [1.807, 2.05) is 37.3 Å². The molecule has 0 fully saturated rings. The summed E-state index contributed by atoms with van der Waals surface area (Å²) in [5.74, 6) is -0.724. The van der Waals surface area contributed by atoms with Gasteiger partial charge in [-0.25, -0.2) is 9.29 Å². The van der Waals surface area contributed by atoms with Crippen molar-refractivity contribution in [1.29, 1.82) is 0 Å². The summed E-state index contributed by atoms with van der Waals surface area (Å²) >= 11 is 0. The van der Waals surface area contributed by atoms with Gasteiger partial charge >= 0.3 is 0 Å². The minimum absolute atomic E-state index is 0.246. The van der Waals surface area contributed by atoms with Crippen molar-refractivity contribution in [3.8, 4) is 5.75 Å². The van der Waals surface area contributed by atoms with Gasteiger partial charge in [-0.05, 0) is 42.3 Å². The van der Waals surface area contributed by atoms with E-state index in [9.17, 15) is 14.0 Å². The molecule has 2 amide bonds. The van der Waals surface area contributed by atoms with E-state index in [2.05, 4.69) is 0 Å². The first-order valence-corrected chi connectivity index (χ1v) is 10.4. The number of ether oxygens (including phenoxy) is 1. The van der Waals surface area contributed by atoms with Gasteiger partial charge in [0.1, 0.15) is 17.3 Å². The van der Waals surface area contributed by atoms with Crippen LogP contribution in [0, 0.1) is 5.82 Å². The van der Waals surface area contributed by atoms with Gasteiger partial charge in [-0.1, -0.05) is 48.5 Å². The fourth-order valence-corrected chi connectivity index (χ4v) is 3.80. The molecule has 5 nitrogen and oxygen atoms in total. The molecule has 0 unspecified atom stereocenters. The second-order valence-corrected chi connectivity index (χ2v) is 7.45. The first-order chi connectivity index (χ1) is 15.5. The van der Waals surface area contributed by atoms with Crippen molar-refractivity contribution in [2.24, 2.45) is 0 Å². The van der Waals surface area contributed by atoms with Crippen LogP contribution in [0.4, 0.5) is 10.1 Å². The zero-order valence-corrected chi connectivity index (χ0v) is 17.9. The van der Waals surface area contributed by atoms with E-state index in [4.69, 9.17) is 4.74 Å². The first kappa shape index (κ1) is 21.3. The van der Waals surface area contributed by atoms with Crippen molar-refractivity contribution < 1.29 is 18.7 Å². The average molecular weight is 430 g/mol. The number of hydrogen-bond donors (Lipinski definition) is 0. The molecule has 0 radical (unpaired) electrons. The Morgan fingerprint density at radius 1 is 0.906 bits per heavy atom. The number of nitrogens with zero attached hydrogens (tertiary/aromatic N) is 2. The third-order valence-corrected chi connectivity index (χ3v) is 5.22. The topological polar surface area (TPSA) is 49.9 Å². The average Bonchev–Trinajstić information content (AvgIpc) is 3.05. The number of benzene rings is 3. The molecule has 0 aliphatic carbocycles. The number of carbonyl (C=O) groups is 2. The molecule has 0 spiro atoms. The van der Waals surface area contributed by atoms with Crippen molar-refractivity contribution in [1.82, 2.24) is 4.90 Å². The minimum Gasteiger partial charge on any atom is -0.494 e. The Kier molecular flexibility index (Phi) is 6.03. The standard InChI is InChI=1S/C26H23FN2O3/c1-3-32-22-11-7-10-21(16-22)29-25(30)23(19-12-14-20(27)15-13-19)24(26(29)31)28(2)17-18-8-5-4-6-9-18/h4-16H,3,17H2,1-2H3. The smallest absolute Gasteiger partial charge is 0.282 e. The van der Waals surface area contributed by atoms with Crippen molar-refractivity contribution >= 4 is 23.1 Å². The lowest BCUT2D eigenvalue weighted by Gasteiger charge is -2.22. The summed E-state index contributed by atoms with van der Waals surface area (Å²) in [6.45, 7) is 2.77. The molecule has 0 saturated heterocycles. The molecule has 0 bridgehead atoms. The molecule has 32 heavy (non-hydrogen) atoms. The summed E-state index contributed by atoms with van der Waals surface area (Å²) in [5, 5.41) is 0. The van der Waals surface area contributed by atoms with Crippen LogP contribution in [0.5, 0.6) is 5.75 Å². The largest absolute Gasteiger partial charge is 0.494 e. The zero-order valence-electron chi connectivity index (χ0n) is 17.9. The van der Waals surface area contributed by atoms with Crippen LogP contribution < -0.4 is 9.64 Å². The van der Waals surface area contributed by atoms with E-state index in [1.54, 1.807) is 36.2 Å².